The molecule has 98 valence electrons. The fourth-order valence-corrected chi connectivity index (χ4v) is 1.33. The molecule has 0 saturated carbocycles. The minimum atomic E-state index is -0.581. The highest BCUT2D eigenvalue weighted by atomic mass is 16.2. The molecule has 0 radical (unpaired) electrons. The van der Waals surface area contributed by atoms with Crippen molar-refractivity contribution in [2.75, 3.05) is 11.9 Å². The third kappa shape index (κ3) is 4.18. The van der Waals surface area contributed by atoms with Gasteiger partial charge < -0.3 is 16.4 Å². The van der Waals surface area contributed by atoms with E-state index in [0.29, 0.717) is 17.8 Å². The number of nitrogens with two attached hydrogens (primary N) is 1. The Morgan fingerprint density at radius 2 is 2.11 bits per heavy atom. The topological polar surface area (TPSA) is 84.2 Å². The van der Waals surface area contributed by atoms with Gasteiger partial charge in [-0.3, -0.25) is 9.59 Å². The van der Waals surface area contributed by atoms with Crippen molar-refractivity contribution in [2.24, 2.45) is 5.73 Å². The van der Waals surface area contributed by atoms with Crippen molar-refractivity contribution in [2.45, 2.75) is 26.3 Å². The Balaban J connectivity index is 2.73. The minimum Gasteiger partial charge on any atom is -0.352 e. The monoisotopic (exact) mass is 249 g/mol. The Labute approximate surface area is 107 Å². The quantitative estimate of drug-likeness (QED) is 0.731. The number of anilines is 1. The molecule has 0 aromatic heterocycles. The Hall–Kier alpha value is -1.88. The van der Waals surface area contributed by atoms with Crippen LogP contribution in [0.2, 0.25) is 0 Å². The molecule has 1 aromatic carbocycles. The molecule has 0 aliphatic carbocycles. The smallest absolute Gasteiger partial charge is 0.251 e. The Bertz CT molecular complexity index is 430. The van der Waals surface area contributed by atoms with Gasteiger partial charge in [-0.05, 0) is 31.5 Å². The summed E-state index contributed by atoms with van der Waals surface area (Å²) < 4.78 is 0. The SMILES string of the molecule is CCCNC(=O)c1cccc(NC(=O)[C@H](C)N)c1. The van der Waals surface area contributed by atoms with Gasteiger partial charge in [0.1, 0.15) is 0 Å². The summed E-state index contributed by atoms with van der Waals surface area (Å²) in [5, 5.41) is 5.42. The first-order valence-electron chi connectivity index (χ1n) is 5.99. The maximum atomic E-state index is 11.7. The van der Waals surface area contributed by atoms with Crippen LogP contribution in [0.25, 0.3) is 0 Å². The number of hydrogen-bond acceptors (Lipinski definition) is 3. The van der Waals surface area contributed by atoms with E-state index in [1.807, 2.05) is 6.92 Å². The second kappa shape index (κ2) is 6.76. The van der Waals surface area contributed by atoms with Crippen LogP contribution in [0.4, 0.5) is 5.69 Å². The maximum absolute atomic E-state index is 11.7. The van der Waals surface area contributed by atoms with E-state index in [9.17, 15) is 9.59 Å². The van der Waals surface area contributed by atoms with Gasteiger partial charge in [-0.25, -0.2) is 0 Å². The lowest BCUT2D eigenvalue weighted by atomic mass is 10.2. The van der Waals surface area contributed by atoms with Crippen LogP contribution >= 0.6 is 0 Å². The molecule has 0 spiro atoms. The second-order valence-electron chi connectivity index (χ2n) is 4.11. The molecule has 18 heavy (non-hydrogen) atoms. The summed E-state index contributed by atoms with van der Waals surface area (Å²) >= 11 is 0. The zero-order valence-corrected chi connectivity index (χ0v) is 10.7. The van der Waals surface area contributed by atoms with Crippen LogP contribution in [0.5, 0.6) is 0 Å². The molecule has 5 nitrogen and oxygen atoms in total. The molecular weight excluding hydrogens is 230 g/mol. The maximum Gasteiger partial charge on any atom is 0.251 e. The van der Waals surface area contributed by atoms with Crippen LogP contribution < -0.4 is 16.4 Å². The highest BCUT2D eigenvalue weighted by Crippen LogP contribution is 2.10. The van der Waals surface area contributed by atoms with Gasteiger partial charge >= 0.3 is 0 Å². The van der Waals surface area contributed by atoms with Gasteiger partial charge in [0.25, 0.3) is 5.91 Å². The van der Waals surface area contributed by atoms with E-state index in [4.69, 9.17) is 5.73 Å². The van der Waals surface area contributed by atoms with Crippen molar-refractivity contribution >= 4 is 17.5 Å². The van der Waals surface area contributed by atoms with Crippen LogP contribution in [0.15, 0.2) is 24.3 Å². The van der Waals surface area contributed by atoms with Crippen molar-refractivity contribution in [3.05, 3.63) is 29.8 Å². The molecule has 5 heteroatoms. The van der Waals surface area contributed by atoms with E-state index >= 15 is 0 Å². The van der Waals surface area contributed by atoms with Crippen molar-refractivity contribution in [1.29, 1.82) is 0 Å². The summed E-state index contributed by atoms with van der Waals surface area (Å²) in [5.41, 5.74) is 6.55. The van der Waals surface area contributed by atoms with E-state index in [-0.39, 0.29) is 11.8 Å². The largest absolute Gasteiger partial charge is 0.352 e. The zero-order chi connectivity index (χ0) is 13.5. The molecule has 4 N–H and O–H groups in total. The molecule has 1 atom stereocenters. The molecule has 0 bridgehead atoms. The molecular formula is C13H19N3O2. The molecule has 0 heterocycles. The number of amides is 2. The van der Waals surface area contributed by atoms with Crippen molar-refractivity contribution in [3.8, 4) is 0 Å². The molecule has 0 unspecified atom stereocenters. The van der Waals surface area contributed by atoms with Crippen LogP contribution in [-0.2, 0) is 4.79 Å². The molecule has 0 aliphatic rings. The van der Waals surface area contributed by atoms with Gasteiger partial charge in [-0.1, -0.05) is 13.0 Å². The van der Waals surface area contributed by atoms with Gasteiger partial charge in [0.15, 0.2) is 0 Å². The first-order chi connectivity index (χ1) is 8.54. The van der Waals surface area contributed by atoms with Crippen LogP contribution in [0.1, 0.15) is 30.6 Å². The van der Waals surface area contributed by atoms with Gasteiger partial charge in [0.05, 0.1) is 6.04 Å². The Morgan fingerprint density at radius 1 is 1.39 bits per heavy atom. The number of carbonyl (C=O) groups is 2. The summed E-state index contributed by atoms with van der Waals surface area (Å²) in [7, 11) is 0. The van der Waals surface area contributed by atoms with E-state index in [1.165, 1.54) is 0 Å². The van der Waals surface area contributed by atoms with Crippen LogP contribution in [0.3, 0.4) is 0 Å². The lowest BCUT2D eigenvalue weighted by molar-refractivity contribution is -0.117. The van der Waals surface area contributed by atoms with E-state index in [2.05, 4.69) is 10.6 Å². The summed E-state index contributed by atoms with van der Waals surface area (Å²) in [6.45, 7) is 4.22. The first kappa shape index (κ1) is 14.2. The summed E-state index contributed by atoms with van der Waals surface area (Å²) in [5.74, 6) is -0.421. The summed E-state index contributed by atoms with van der Waals surface area (Å²) in [4.78, 5) is 23.2. The second-order valence-corrected chi connectivity index (χ2v) is 4.11. The Kier molecular flexibility index (Phi) is 5.32. The van der Waals surface area contributed by atoms with Gasteiger partial charge in [0.2, 0.25) is 5.91 Å². The molecule has 0 fully saturated rings. The van der Waals surface area contributed by atoms with Crippen molar-refractivity contribution in [1.82, 2.24) is 5.32 Å². The van der Waals surface area contributed by atoms with Crippen molar-refractivity contribution < 1.29 is 9.59 Å². The van der Waals surface area contributed by atoms with Crippen molar-refractivity contribution in [3.63, 3.8) is 0 Å². The first-order valence-corrected chi connectivity index (χ1v) is 5.99. The standard InChI is InChI=1S/C13H19N3O2/c1-3-7-15-13(18)10-5-4-6-11(8-10)16-12(17)9(2)14/h4-6,8-9H,3,7,14H2,1-2H3,(H,15,18)(H,16,17)/t9-/m0/s1. The molecule has 2 amide bonds. The number of carbonyl (C=O) groups excluding carboxylic acids is 2. The molecule has 1 rings (SSSR count). The number of nitrogens with one attached hydrogen (secondary N) is 2. The predicted molar refractivity (Wildman–Crippen MR) is 71.3 cm³/mol. The van der Waals surface area contributed by atoms with Crippen LogP contribution in [-0.4, -0.2) is 24.4 Å². The Morgan fingerprint density at radius 3 is 2.72 bits per heavy atom. The lowest BCUT2D eigenvalue weighted by Crippen LogP contribution is -2.32. The fraction of sp³-hybridized carbons (Fsp3) is 0.385. The number of hydrogen-bond donors (Lipinski definition) is 3. The predicted octanol–water partition coefficient (Wildman–Crippen LogP) is 1.11. The van der Waals surface area contributed by atoms with E-state index < -0.39 is 6.04 Å². The average Bonchev–Trinajstić information content (AvgIpc) is 2.36. The zero-order valence-electron chi connectivity index (χ0n) is 10.7. The molecule has 1 aromatic rings. The van der Waals surface area contributed by atoms with E-state index in [1.54, 1.807) is 31.2 Å². The molecule has 0 saturated heterocycles. The average molecular weight is 249 g/mol. The van der Waals surface area contributed by atoms with E-state index in [0.717, 1.165) is 6.42 Å². The highest BCUT2D eigenvalue weighted by molar-refractivity contribution is 5.98. The lowest BCUT2D eigenvalue weighted by Gasteiger charge is -2.09. The third-order valence-corrected chi connectivity index (χ3v) is 2.34. The van der Waals surface area contributed by atoms with Gasteiger partial charge in [-0.15, -0.1) is 0 Å². The normalized spacial score (nSPS) is 11.7. The van der Waals surface area contributed by atoms with Gasteiger partial charge in [-0.2, -0.15) is 0 Å². The molecule has 0 aliphatic heterocycles. The number of rotatable bonds is 5. The van der Waals surface area contributed by atoms with Gasteiger partial charge in [0, 0.05) is 17.8 Å². The minimum absolute atomic E-state index is 0.145. The van der Waals surface area contributed by atoms with Crippen LogP contribution in [0, 0.1) is 0 Å². The highest BCUT2D eigenvalue weighted by Gasteiger charge is 2.09. The number of benzene rings is 1. The fourth-order valence-electron chi connectivity index (χ4n) is 1.33. The summed E-state index contributed by atoms with van der Waals surface area (Å²) in [6.07, 6.45) is 0.882. The third-order valence-electron chi connectivity index (χ3n) is 2.34. The summed E-state index contributed by atoms with van der Waals surface area (Å²) in [6, 6.07) is 6.19.